The molecule has 4 heteroatoms. The Balaban J connectivity index is 2.34. The van der Waals surface area contributed by atoms with Crippen molar-refractivity contribution in [3.05, 3.63) is 35.4 Å². The number of carbonyl (C=O) groups excluding carboxylic acids is 2. The molecule has 4 nitrogen and oxygen atoms in total. The van der Waals surface area contributed by atoms with Gasteiger partial charge < -0.3 is 10.2 Å². The highest BCUT2D eigenvalue weighted by Gasteiger charge is 2.09. The van der Waals surface area contributed by atoms with Crippen molar-refractivity contribution in [3.8, 4) is 0 Å². The van der Waals surface area contributed by atoms with Gasteiger partial charge >= 0.3 is 0 Å². The van der Waals surface area contributed by atoms with Crippen molar-refractivity contribution in [1.82, 2.24) is 10.2 Å². The number of hydrogen-bond acceptors (Lipinski definition) is 2. The van der Waals surface area contributed by atoms with Crippen molar-refractivity contribution in [1.29, 1.82) is 0 Å². The smallest absolute Gasteiger partial charge is 0.222 e. The van der Waals surface area contributed by atoms with Crippen LogP contribution in [0.25, 0.3) is 0 Å². The van der Waals surface area contributed by atoms with E-state index in [1.54, 1.807) is 11.8 Å². The quantitative estimate of drug-likeness (QED) is 0.830. The van der Waals surface area contributed by atoms with Crippen LogP contribution in [0.1, 0.15) is 37.8 Å². The van der Waals surface area contributed by atoms with E-state index in [2.05, 4.69) is 11.4 Å². The average molecular weight is 276 g/mol. The van der Waals surface area contributed by atoms with Crippen LogP contribution in [0.15, 0.2) is 24.3 Å². The molecule has 2 amide bonds. The van der Waals surface area contributed by atoms with Gasteiger partial charge in [-0.05, 0) is 18.9 Å². The van der Waals surface area contributed by atoms with Gasteiger partial charge in [-0.1, -0.05) is 36.8 Å². The third-order valence-corrected chi connectivity index (χ3v) is 3.12. The van der Waals surface area contributed by atoms with Crippen LogP contribution in [0.2, 0.25) is 0 Å². The Morgan fingerprint density at radius 1 is 1.25 bits per heavy atom. The van der Waals surface area contributed by atoms with Gasteiger partial charge in [-0.15, -0.1) is 0 Å². The summed E-state index contributed by atoms with van der Waals surface area (Å²) in [7, 11) is 0. The van der Waals surface area contributed by atoms with Crippen LogP contribution in [0, 0.1) is 6.92 Å². The molecule has 0 spiro atoms. The first-order valence-corrected chi connectivity index (χ1v) is 7.10. The zero-order valence-corrected chi connectivity index (χ0v) is 12.6. The summed E-state index contributed by atoms with van der Waals surface area (Å²) in [4.78, 5) is 24.9. The van der Waals surface area contributed by atoms with Crippen LogP contribution < -0.4 is 5.32 Å². The molecule has 0 atom stereocenters. The minimum Gasteiger partial charge on any atom is -0.352 e. The Morgan fingerprint density at radius 3 is 2.60 bits per heavy atom. The minimum absolute atomic E-state index is 0.0196. The van der Waals surface area contributed by atoms with Crippen LogP contribution in [-0.2, 0) is 16.1 Å². The molecule has 0 heterocycles. The molecule has 20 heavy (non-hydrogen) atoms. The van der Waals surface area contributed by atoms with Crippen molar-refractivity contribution in [3.63, 3.8) is 0 Å². The van der Waals surface area contributed by atoms with Gasteiger partial charge in [0.05, 0.1) is 0 Å². The van der Waals surface area contributed by atoms with E-state index in [1.807, 2.05) is 32.0 Å². The van der Waals surface area contributed by atoms with E-state index in [-0.39, 0.29) is 11.8 Å². The van der Waals surface area contributed by atoms with E-state index >= 15 is 0 Å². The second-order valence-corrected chi connectivity index (χ2v) is 5.02. The van der Waals surface area contributed by atoms with Gasteiger partial charge in [0, 0.05) is 33.0 Å². The monoisotopic (exact) mass is 276 g/mol. The number of hydrogen-bond donors (Lipinski definition) is 1. The fourth-order valence-electron chi connectivity index (χ4n) is 2.04. The molecule has 1 aromatic rings. The number of carbonyl (C=O) groups is 2. The molecule has 1 rings (SSSR count). The van der Waals surface area contributed by atoms with Crippen LogP contribution in [0.5, 0.6) is 0 Å². The van der Waals surface area contributed by atoms with Gasteiger partial charge in [0.15, 0.2) is 0 Å². The molecule has 110 valence electrons. The average Bonchev–Trinajstić information content (AvgIpc) is 2.41. The second-order valence-electron chi connectivity index (χ2n) is 5.02. The van der Waals surface area contributed by atoms with Gasteiger partial charge in [0.25, 0.3) is 0 Å². The number of amides is 2. The van der Waals surface area contributed by atoms with Gasteiger partial charge in [-0.3, -0.25) is 9.59 Å². The van der Waals surface area contributed by atoms with Crippen LogP contribution in [0.4, 0.5) is 0 Å². The fraction of sp³-hybridized carbons (Fsp3) is 0.500. The highest BCUT2D eigenvalue weighted by atomic mass is 16.2. The molecule has 0 unspecified atom stereocenters. The molecule has 0 aliphatic heterocycles. The summed E-state index contributed by atoms with van der Waals surface area (Å²) in [5.74, 6) is 0.00666. The maximum atomic E-state index is 11.8. The maximum Gasteiger partial charge on any atom is 0.222 e. The van der Waals surface area contributed by atoms with Crippen molar-refractivity contribution in [2.75, 3.05) is 13.1 Å². The molecule has 0 radical (unpaired) electrons. The summed E-state index contributed by atoms with van der Waals surface area (Å²) in [6.45, 7) is 7.33. The molecule has 0 fully saturated rings. The lowest BCUT2D eigenvalue weighted by molar-refractivity contribution is -0.129. The standard InChI is InChI=1S/C16H24N2O2/c1-4-9-18(14(3)19)10-8-16(20)17-12-15-7-5-6-13(2)11-15/h5-7,11H,4,8-10,12H2,1-3H3,(H,17,20). The zero-order chi connectivity index (χ0) is 15.0. The lowest BCUT2D eigenvalue weighted by Gasteiger charge is -2.19. The Labute approximate surface area is 121 Å². The summed E-state index contributed by atoms with van der Waals surface area (Å²) in [6, 6.07) is 8.06. The zero-order valence-electron chi connectivity index (χ0n) is 12.6. The van der Waals surface area contributed by atoms with Crippen molar-refractivity contribution >= 4 is 11.8 Å². The van der Waals surface area contributed by atoms with E-state index < -0.39 is 0 Å². The lowest BCUT2D eigenvalue weighted by Crippen LogP contribution is -2.34. The molecule has 0 saturated heterocycles. The van der Waals surface area contributed by atoms with Crippen LogP contribution >= 0.6 is 0 Å². The first-order chi connectivity index (χ1) is 9.52. The molecular formula is C16H24N2O2. The number of benzene rings is 1. The van der Waals surface area contributed by atoms with Crippen molar-refractivity contribution in [2.24, 2.45) is 0 Å². The number of nitrogens with zero attached hydrogens (tertiary/aromatic N) is 1. The molecule has 0 aliphatic rings. The highest BCUT2D eigenvalue weighted by molar-refractivity contribution is 5.78. The third kappa shape index (κ3) is 5.87. The number of nitrogens with one attached hydrogen (secondary N) is 1. The fourth-order valence-corrected chi connectivity index (χ4v) is 2.04. The van der Waals surface area contributed by atoms with E-state index in [9.17, 15) is 9.59 Å². The Kier molecular flexibility index (Phi) is 6.77. The van der Waals surface area contributed by atoms with Gasteiger partial charge in [-0.25, -0.2) is 0 Å². The van der Waals surface area contributed by atoms with Crippen LogP contribution in [-0.4, -0.2) is 29.8 Å². The molecule has 0 saturated carbocycles. The Bertz CT molecular complexity index is 458. The van der Waals surface area contributed by atoms with Crippen molar-refractivity contribution in [2.45, 2.75) is 40.2 Å². The summed E-state index contributed by atoms with van der Waals surface area (Å²) < 4.78 is 0. The van der Waals surface area contributed by atoms with Gasteiger partial charge in [-0.2, -0.15) is 0 Å². The predicted molar refractivity (Wildman–Crippen MR) is 80.2 cm³/mol. The third-order valence-electron chi connectivity index (χ3n) is 3.12. The first-order valence-electron chi connectivity index (χ1n) is 7.10. The van der Waals surface area contributed by atoms with E-state index in [4.69, 9.17) is 0 Å². The largest absolute Gasteiger partial charge is 0.352 e. The molecule has 1 N–H and O–H groups in total. The number of rotatable bonds is 7. The summed E-state index contributed by atoms with van der Waals surface area (Å²) in [6.07, 6.45) is 1.26. The number of aryl methyl sites for hydroxylation is 1. The predicted octanol–water partition coefficient (Wildman–Crippen LogP) is 2.26. The van der Waals surface area contributed by atoms with Gasteiger partial charge in [0.2, 0.25) is 11.8 Å². The molecule has 0 aliphatic carbocycles. The summed E-state index contributed by atoms with van der Waals surface area (Å²) in [5, 5.41) is 2.89. The normalized spacial score (nSPS) is 10.2. The molecular weight excluding hydrogens is 252 g/mol. The summed E-state index contributed by atoms with van der Waals surface area (Å²) >= 11 is 0. The lowest BCUT2D eigenvalue weighted by atomic mass is 10.1. The SMILES string of the molecule is CCCN(CCC(=O)NCc1cccc(C)c1)C(C)=O. The second kappa shape index (κ2) is 8.35. The van der Waals surface area contributed by atoms with Crippen LogP contribution in [0.3, 0.4) is 0 Å². The molecule has 0 aromatic heterocycles. The van der Waals surface area contributed by atoms with E-state index in [1.165, 1.54) is 5.56 Å². The summed E-state index contributed by atoms with van der Waals surface area (Å²) in [5.41, 5.74) is 2.28. The van der Waals surface area contributed by atoms with E-state index in [0.717, 1.165) is 12.0 Å². The van der Waals surface area contributed by atoms with Gasteiger partial charge in [0.1, 0.15) is 0 Å². The van der Waals surface area contributed by atoms with E-state index in [0.29, 0.717) is 26.1 Å². The highest BCUT2D eigenvalue weighted by Crippen LogP contribution is 2.03. The van der Waals surface area contributed by atoms with Crippen molar-refractivity contribution < 1.29 is 9.59 Å². The molecule has 1 aromatic carbocycles. The Hall–Kier alpha value is -1.84. The minimum atomic E-state index is -0.0196. The Morgan fingerprint density at radius 2 is 2.00 bits per heavy atom. The maximum absolute atomic E-state index is 11.8. The topological polar surface area (TPSA) is 49.4 Å². The molecule has 0 bridgehead atoms. The first kappa shape index (κ1) is 16.2.